The molecule has 0 aromatic heterocycles. The smallest absolute Gasteiger partial charge is 0.313 e. The van der Waals surface area contributed by atoms with Crippen molar-refractivity contribution in [2.75, 3.05) is 23.0 Å². The normalized spacial score (nSPS) is 13.5. The summed E-state index contributed by atoms with van der Waals surface area (Å²) in [6.45, 7) is 0.617. The van der Waals surface area contributed by atoms with E-state index in [0.29, 0.717) is 11.6 Å². The van der Waals surface area contributed by atoms with Gasteiger partial charge in [0.2, 0.25) is 5.91 Å². The van der Waals surface area contributed by atoms with E-state index < -0.39 is 5.97 Å². The number of carbonyl (C=O) groups excluding carboxylic acids is 1. The molecule has 96 valence electrons. The van der Waals surface area contributed by atoms with Crippen LogP contribution in [0.1, 0.15) is 5.56 Å². The SMILES string of the molecule is O=C(O)CSCC(=O)N1CCc2c(Cl)cccc21. The first-order valence-electron chi connectivity index (χ1n) is 5.47. The maximum atomic E-state index is 12.0. The molecule has 0 spiro atoms. The predicted octanol–water partition coefficient (Wildman–Crippen LogP) is 2.05. The van der Waals surface area contributed by atoms with E-state index in [1.165, 1.54) is 0 Å². The number of nitrogens with zero attached hydrogens (tertiary/aromatic N) is 1. The number of hydrogen-bond donors (Lipinski definition) is 1. The van der Waals surface area contributed by atoms with Gasteiger partial charge in [-0.3, -0.25) is 9.59 Å². The molecule has 0 aliphatic carbocycles. The van der Waals surface area contributed by atoms with Crippen LogP contribution in [-0.2, 0) is 16.0 Å². The van der Waals surface area contributed by atoms with Crippen molar-refractivity contribution in [3.8, 4) is 0 Å². The van der Waals surface area contributed by atoms with E-state index in [9.17, 15) is 9.59 Å². The largest absolute Gasteiger partial charge is 0.481 e. The minimum Gasteiger partial charge on any atom is -0.481 e. The fourth-order valence-corrected chi connectivity index (χ4v) is 2.83. The third-order valence-corrected chi connectivity index (χ3v) is 3.98. The lowest BCUT2D eigenvalue weighted by atomic mass is 10.2. The van der Waals surface area contributed by atoms with Crippen LogP contribution in [0.3, 0.4) is 0 Å². The molecule has 0 fully saturated rings. The van der Waals surface area contributed by atoms with Gasteiger partial charge in [0.05, 0.1) is 11.5 Å². The molecule has 1 aliphatic heterocycles. The number of aliphatic carboxylic acids is 1. The average molecular weight is 286 g/mol. The molecular formula is C12H12ClNO3S. The third-order valence-electron chi connectivity index (χ3n) is 2.72. The van der Waals surface area contributed by atoms with Gasteiger partial charge in [-0.15, -0.1) is 11.8 Å². The number of amides is 1. The van der Waals surface area contributed by atoms with Gasteiger partial charge < -0.3 is 10.0 Å². The Labute approximate surface area is 114 Å². The molecule has 0 saturated heterocycles. The zero-order chi connectivity index (χ0) is 13.1. The van der Waals surface area contributed by atoms with E-state index in [2.05, 4.69) is 0 Å². The number of halogens is 1. The van der Waals surface area contributed by atoms with Crippen LogP contribution in [0.2, 0.25) is 5.02 Å². The summed E-state index contributed by atoms with van der Waals surface area (Å²) in [5.74, 6) is -0.847. The van der Waals surface area contributed by atoms with Crippen molar-refractivity contribution in [3.63, 3.8) is 0 Å². The van der Waals surface area contributed by atoms with Crippen LogP contribution in [0.4, 0.5) is 5.69 Å². The van der Waals surface area contributed by atoms with Gasteiger partial charge in [0, 0.05) is 17.3 Å². The van der Waals surface area contributed by atoms with E-state index in [1.54, 1.807) is 4.90 Å². The number of thioether (sulfide) groups is 1. The molecule has 1 aromatic carbocycles. The highest BCUT2D eigenvalue weighted by molar-refractivity contribution is 8.00. The van der Waals surface area contributed by atoms with Gasteiger partial charge in [-0.1, -0.05) is 17.7 Å². The highest BCUT2D eigenvalue weighted by Gasteiger charge is 2.25. The van der Waals surface area contributed by atoms with Gasteiger partial charge >= 0.3 is 5.97 Å². The molecule has 2 rings (SSSR count). The first kappa shape index (κ1) is 13.2. The Bertz CT molecular complexity index is 492. The zero-order valence-electron chi connectivity index (χ0n) is 9.56. The number of anilines is 1. The molecule has 0 unspecified atom stereocenters. The van der Waals surface area contributed by atoms with Crippen LogP contribution in [0.5, 0.6) is 0 Å². The Hall–Kier alpha value is -1.20. The molecule has 1 aromatic rings. The van der Waals surface area contributed by atoms with Crippen LogP contribution in [0.15, 0.2) is 18.2 Å². The van der Waals surface area contributed by atoms with Crippen molar-refractivity contribution in [3.05, 3.63) is 28.8 Å². The van der Waals surface area contributed by atoms with E-state index in [1.807, 2.05) is 18.2 Å². The van der Waals surface area contributed by atoms with E-state index in [0.717, 1.165) is 29.4 Å². The zero-order valence-corrected chi connectivity index (χ0v) is 11.1. The van der Waals surface area contributed by atoms with Crippen LogP contribution >= 0.6 is 23.4 Å². The van der Waals surface area contributed by atoms with Crippen molar-refractivity contribution < 1.29 is 14.7 Å². The third kappa shape index (κ3) is 2.79. The Morgan fingerprint density at radius 1 is 1.39 bits per heavy atom. The molecule has 0 bridgehead atoms. The van der Waals surface area contributed by atoms with Crippen molar-refractivity contribution in [2.45, 2.75) is 6.42 Å². The van der Waals surface area contributed by atoms with Gasteiger partial charge in [-0.2, -0.15) is 0 Å². The summed E-state index contributed by atoms with van der Waals surface area (Å²) in [7, 11) is 0. The van der Waals surface area contributed by atoms with Crippen molar-refractivity contribution in [1.82, 2.24) is 0 Å². The number of hydrogen-bond acceptors (Lipinski definition) is 3. The number of carboxylic acid groups (broad SMARTS) is 1. The quantitative estimate of drug-likeness (QED) is 0.920. The summed E-state index contributed by atoms with van der Waals surface area (Å²) in [6.07, 6.45) is 0.754. The molecule has 6 heteroatoms. The minimum atomic E-state index is -0.905. The standard InChI is InChI=1S/C12H12ClNO3S/c13-9-2-1-3-10-8(9)4-5-14(10)11(15)6-18-7-12(16)17/h1-3H,4-7H2,(H,16,17). The Morgan fingerprint density at radius 3 is 2.89 bits per heavy atom. The highest BCUT2D eigenvalue weighted by Crippen LogP contribution is 2.33. The number of carbonyl (C=O) groups is 2. The van der Waals surface area contributed by atoms with Crippen LogP contribution in [0.25, 0.3) is 0 Å². The van der Waals surface area contributed by atoms with Crippen LogP contribution in [0, 0.1) is 0 Å². The van der Waals surface area contributed by atoms with Gasteiger partial charge in [0.25, 0.3) is 0 Å². The molecule has 18 heavy (non-hydrogen) atoms. The molecular weight excluding hydrogens is 274 g/mol. The number of rotatable bonds is 4. The van der Waals surface area contributed by atoms with Crippen molar-refractivity contribution >= 4 is 40.9 Å². The topological polar surface area (TPSA) is 57.6 Å². The average Bonchev–Trinajstić information content (AvgIpc) is 2.73. The maximum absolute atomic E-state index is 12.0. The summed E-state index contributed by atoms with van der Waals surface area (Å²) >= 11 is 7.18. The Kier molecular flexibility index (Phi) is 4.14. The lowest BCUT2D eigenvalue weighted by Gasteiger charge is -2.16. The summed E-state index contributed by atoms with van der Waals surface area (Å²) in [5.41, 5.74) is 1.85. The van der Waals surface area contributed by atoms with E-state index in [4.69, 9.17) is 16.7 Å². The first-order valence-corrected chi connectivity index (χ1v) is 7.00. The molecule has 1 heterocycles. The summed E-state index contributed by atoms with van der Waals surface area (Å²) < 4.78 is 0. The molecule has 1 aliphatic rings. The van der Waals surface area contributed by atoms with Crippen molar-refractivity contribution in [1.29, 1.82) is 0 Å². The van der Waals surface area contributed by atoms with Gasteiger partial charge in [0.1, 0.15) is 0 Å². The lowest BCUT2D eigenvalue weighted by molar-refractivity contribution is -0.133. The molecule has 1 amide bonds. The van der Waals surface area contributed by atoms with Crippen LogP contribution < -0.4 is 4.90 Å². The van der Waals surface area contributed by atoms with E-state index in [-0.39, 0.29) is 17.4 Å². The monoisotopic (exact) mass is 285 g/mol. The van der Waals surface area contributed by atoms with Crippen LogP contribution in [-0.4, -0.2) is 35.0 Å². The number of benzene rings is 1. The summed E-state index contributed by atoms with van der Waals surface area (Å²) in [5, 5.41) is 9.20. The fourth-order valence-electron chi connectivity index (χ4n) is 1.95. The Morgan fingerprint density at radius 2 is 2.17 bits per heavy atom. The highest BCUT2D eigenvalue weighted by atomic mass is 35.5. The number of fused-ring (bicyclic) bond motifs is 1. The second-order valence-corrected chi connectivity index (χ2v) is 5.31. The fraction of sp³-hybridized carbons (Fsp3) is 0.333. The predicted molar refractivity (Wildman–Crippen MR) is 72.5 cm³/mol. The Balaban J connectivity index is 2.02. The number of carboxylic acids is 1. The molecule has 0 radical (unpaired) electrons. The first-order chi connectivity index (χ1) is 8.59. The van der Waals surface area contributed by atoms with Gasteiger partial charge in [0.15, 0.2) is 0 Å². The van der Waals surface area contributed by atoms with Gasteiger partial charge in [-0.25, -0.2) is 0 Å². The molecule has 0 saturated carbocycles. The maximum Gasteiger partial charge on any atom is 0.313 e. The molecule has 4 nitrogen and oxygen atoms in total. The lowest BCUT2D eigenvalue weighted by Crippen LogP contribution is -2.30. The molecule has 0 atom stereocenters. The minimum absolute atomic E-state index is 0.0536. The molecule has 1 N–H and O–H groups in total. The second-order valence-electron chi connectivity index (χ2n) is 3.92. The summed E-state index contributed by atoms with van der Waals surface area (Å²) in [4.78, 5) is 24.0. The summed E-state index contributed by atoms with van der Waals surface area (Å²) in [6, 6.07) is 5.50. The van der Waals surface area contributed by atoms with Gasteiger partial charge in [-0.05, 0) is 24.1 Å². The van der Waals surface area contributed by atoms with Crippen molar-refractivity contribution in [2.24, 2.45) is 0 Å². The van der Waals surface area contributed by atoms with E-state index >= 15 is 0 Å². The second kappa shape index (κ2) is 5.63.